The van der Waals surface area contributed by atoms with Gasteiger partial charge >= 0.3 is 0 Å². The topological polar surface area (TPSA) is 20.2 Å². The zero-order valence-corrected chi connectivity index (χ0v) is 8.42. The van der Waals surface area contributed by atoms with Crippen LogP contribution in [0.2, 0.25) is 0 Å². The molecule has 0 saturated heterocycles. The lowest BCUT2D eigenvalue weighted by Crippen LogP contribution is -2.24. The van der Waals surface area contributed by atoms with Crippen LogP contribution in [0.5, 0.6) is 5.75 Å². The molecule has 1 fully saturated rings. The fourth-order valence-electron chi connectivity index (χ4n) is 2.23. The number of benzene rings is 1. The third kappa shape index (κ3) is 2.46. The molecule has 2 rings (SSSR count). The highest BCUT2D eigenvalue weighted by Crippen LogP contribution is 2.42. The summed E-state index contributed by atoms with van der Waals surface area (Å²) in [6.07, 6.45) is 1.27. The summed E-state index contributed by atoms with van der Waals surface area (Å²) in [7, 11) is 0. The molecular formula is C12H14F2O. The van der Waals surface area contributed by atoms with Gasteiger partial charge in [0.15, 0.2) is 0 Å². The van der Waals surface area contributed by atoms with Crippen LogP contribution in [0.15, 0.2) is 24.3 Å². The fraction of sp³-hybridized carbons (Fsp3) is 0.500. The van der Waals surface area contributed by atoms with Crippen molar-refractivity contribution < 1.29 is 13.9 Å². The Morgan fingerprint density at radius 1 is 1.33 bits per heavy atom. The predicted molar refractivity (Wildman–Crippen MR) is 54.3 cm³/mol. The van der Waals surface area contributed by atoms with Crippen molar-refractivity contribution in [2.24, 2.45) is 0 Å². The van der Waals surface area contributed by atoms with E-state index in [9.17, 15) is 13.9 Å². The maximum Gasteiger partial charge on any atom is 0.248 e. The van der Waals surface area contributed by atoms with Gasteiger partial charge in [0, 0.05) is 12.8 Å². The lowest BCUT2D eigenvalue weighted by Gasteiger charge is -2.29. The predicted octanol–water partition coefficient (Wildman–Crippen LogP) is 3.69. The Morgan fingerprint density at radius 2 is 2.13 bits per heavy atom. The summed E-state index contributed by atoms with van der Waals surface area (Å²) in [5.41, 5.74) is 0.828. The van der Waals surface area contributed by atoms with E-state index in [-0.39, 0.29) is 24.5 Å². The highest BCUT2D eigenvalue weighted by atomic mass is 19.3. The van der Waals surface area contributed by atoms with Crippen molar-refractivity contribution in [1.29, 1.82) is 0 Å². The molecule has 1 aliphatic carbocycles. The van der Waals surface area contributed by atoms with E-state index in [4.69, 9.17) is 0 Å². The standard InChI is InChI=1S/C12H14F2O/c13-12(14)6-2-4-10(8-12)9-3-1-5-11(15)7-9/h1,3,5,7,10,15H,2,4,6,8H2. The first-order valence-electron chi connectivity index (χ1n) is 5.24. The number of aromatic hydroxyl groups is 1. The molecule has 82 valence electrons. The second-order valence-corrected chi connectivity index (χ2v) is 4.24. The molecule has 0 heterocycles. The molecule has 0 spiro atoms. The van der Waals surface area contributed by atoms with Crippen LogP contribution < -0.4 is 0 Å². The Labute approximate surface area is 87.7 Å². The molecule has 0 radical (unpaired) electrons. The van der Waals surface area contributed by atoms with E-state index in [1.807, 2.05) is 6.07 Å². The molecule has 1 N–H and O–H groups in total. The van der Waals surface area contributed by atoms with Crippen LogP contribution in [-0.2, 0) is 0 Å². The number of rotatable bonds is 1. The highest BCUT2D eigenvalue weighted by molar-refractivity contribution is 5.30. The van der Waals surface area contributed by atoms with Gasteiger partial charge in [0.05, 0.1) is 0 Å². The fourth-order valence-corrected chi connectivity index (χ4v) is 2.23. The maximum atomic E-state index is 13.2. The molecule has 1 aromatic carbocycles. The molecule has 0 bridgehead atoms. The monoisotopic (exact) mass is 212 g/mol. The van der Waals surface area contributed by atoms with Gasteiger partial charge in [0.2, 0.25) is 5.92 Å². The summed E-state index contributed by atoms with van der Waals surface area (Å²) in [6, 6.07) is 6.67. The molecule has 3 heteroatoms. The van der Waals surface area contributed by atoms with Crippen molar-refractivity contribution in [3.8, 4) is 5.75 Å². The van der Waals surface area contributed by atoms with Gasteiger partial charge in [0.1, 0.15) is 5.75 Å². The third-order valence-electron chi connectivity index (χ3n) is 2.98. The normalized spacial score (nSPS) is 25.1. The van der Waals surface area contributed by atoms with Crippen LogP contribution in [-0.4, -0.2) is 11.0 Å². The van der Waals surface area contributed by atoms with Crippen molar-refractivity contribution in [2.45, 2.75) is 37.5 Å². The van der Waals surface area contributed by atoms with Gasteiger partial charge in [-0.2, -0.15) is 0 Å². The molecule has 0 aromatic heterocycles. The van der Waals surface area contributed by atoms with Gasteiger partial charge in [-0.3, -0.25) is 0 Å². The molecule has 1 atom stereocenters. The molecule has 1 nitrogen and oxygen atoms in total. The SMILES string of the molecule is Oc1cccc(C2CCCC(F)(F)C2)c1. The lowest BCUT2D eigenvalue weighted by atomic mass is 9.82. The van der Waals surface area contributed by atoms with E-state index in [2.05, 4.69) is 0 Å². The molecule has 1 aliphatic rings. The average molecular weight is 212 g/mol. The first-order chi connectivity index (χ1) is 7.07. The molecule has 0 aliphatic heterocycles. The second kappa shape index (κ2) is 3.80. The number of phenols is 1. The average Bonchev–Trinajstić information content (AvgIpc) is 2.16. The number of alkyl halides is 2. The van der Waals surface area contributed by atoms with Gasteiger partial charge in [-0.05, 0) is 36.5 Å². The summed E-state index contributed by atoms with van der Waals surface area (Å²) in [5.74, 6) is -2.49. The Hall–Kier alpha value is -1.12. The first kappa shape index (κ1) is 10.4. The van der Waals surface area contributed by atoms with E-state index in [0.29, 0.717) is 6.42 Å². The molecule has 1 unspecified atom stereocenters. The van der Waals surface area contributed by atoms with Crippen molar-refractivity contribution in [2.75, 3.05) is 0 Å². The van der Waals surface area contributed by atoms with Gasteiger partial charge in [0.25, 0.3) is 0 Å². The second-order valence-electron chi connectivity index (χ2n) is 4.24. The van der Waals surface area contributed by atoms with E-state index in [1.54, 1.807) is 18.2 Å². The Bertz CT molecular complexity index is 349. The van der Waals surface area contributed by atoms with E-state index in [1.165, 1.54) is 0 Å². The minimum absolute atomic E-state index is 0.00230. The van der Waals surface area contributed by atoms with Crippen molar-refractivity contribution in [1.82, 2.24) is 0 Å². The van der Waals surface area contributed by atoms with Crippen LogP contribution in [0, 0.1) is 0 Å². The van der Waals surface area contributed by atoms with Crippen LogP contribution in [0.1, 0.15) is 37.2 Å². The number of hydrogen-bond acceptors (Lipinski definition) is 1. The van der Waals surface area contributed by atoms with Crippen LogP contribution in [0.4, 0.5) is 8.78 Å². The Kier molecular flexibility index (Phi) is 2.63. The molecule has 1 saturated carbocycles. The number of phenolic OH excluding ortho intramolecular Hbond substituents is 1. The summed E-state index contributed by atoms with van der Waals surface area (Å²) >= 11 is 0. The number of halogens is 2. The minimum atomic E-state index is -2.53. The lowest BCUT2D eigenvalue weighted by molar-refractivity contribution is -0.0408. The largest absolute Gasteiger partial charge is 0.508 e. The summed E-state index contributed by atoms with van der Waals surface area (Å²) in [5, 5.41) is 9.29. The summed E-state index contributed by atoms with van der Waals surface area (Å²) in [6.45, 7) is 0. The van der Waals surface area contributed by atoms with Gasteiger partial charge < -0.3 is 5.11 Å². The third-order valence-corrected chi connectivity index (χ3v) is 2.98. The minimum Gasteiger partial charge on any atom is -0.508 e. The van der Waals surface area contributed by atoms with E-state index >= 15 is 0 Å². The van der Waals surface area contributed by atoms with Gasteiger partial charge in [-0.25, -0.2) is 8.78 Å². The Morgan fingerprint density at radius 3 is 2.80 bits per heavy atom. The summed E-state index contributed by atoms with van der Waals surface area (Å²) < 4.78 is 26.4. The molecule has 0 amide bonds. The molecular weight excluding hydrogens is 198 g/mol. The smallest absolute Gasteiger partial charge is 0.248 e. The van der Waals surface area contributed by atoms with Gasteiger partial charge in [-0.15, -0.1) is 0 Å². The van der Waals surface area contributed by atoms with Crippen molar-refractivity contribution >= 4 is 0 Å². The first-order valence-corrected chi connectivity index (χ1v) is 5.24. The van der Waals surface area contributed by atoms with E-state index in [0.717, 1.165) is 12.0 Å². The zero-order valence-electron chi connectivity index (χ0n) is 8.42. The summed E-state index contributed by atoms with van der Waals surface area (Å²) in [4.78, 5) is 0. The van der Waals surface area contributed by atoms with Crippen LogP contribution in [0.3, 0.4) is 0 Å². The van der Waals surface area contributed by atoms with Crippen LogP contribution >= 0.6 is 0 Å². The maximum absolute atomic E-state index is 13.2. The van der Waals surface area contributed by atoms with Crippen LogP contribution in [0.25, 0.3) is 0 Å². The molecule has 1 aromatic rings. The Balaban J connectivity index is 2.17. The highest BCUT2D eigenvalue weighted by Gasteiger charge is 2.36. The van der Waals surface area contributed by atoms with E-state index < -0.39 is 5.92 Å². The molecule has 15 heavy (non-hydrogen) atoms. The van der Waals surface area contributed by atoms with Crippen molar-refractivity contribution in [3.05, 3.63) is 29.8 Å². The van der Waals surface area contributed by atoms with Gasteiger partial charge in [-0.1, -0.05) is 12.1 Å². The quantitative estimate of drug-likeness (QED) is 0.752. The van der Waals surface area contributed by atoms with Crippen molar-refractivity contribution in [3.63, 3.8) is 0 Å². The zero-order chi connectivity index (χ0) is 10.9. The number of hydrogen-bond donors (Lipinski definition) is 1.